The molecule has 6 heteroatoms. The van der Waals surface area contributed by atoms with Crippen LogP contribution in [0.2, 0.25) is 0 Å². The van der Waals surface area contributed by atoms with Crippen LogP contribution in [-0.4, -0.2) is 68.3 Å². The normalized spacial score (nSPS) is 30.4. The number of carbonyl (C=O) groups excluding carboxylic acids is 1. The van der Waals surface area contributed by atoms with Gasteiger partial charge in [0.15, 0.2) is 0 Å². The average molecular weight is 348 g/mol. The van der Waals surface area contributed by atoms with Crippen LogP contribution in [0.5, 0.6) is 0 Å². The highest BCUT2D eigenvalue weighted by Gasteiger charge is 2.42. The lowest BCUT2D eigenvalue weighted by molar-refractivity contribution is -0.138. The number of ether oxygens (including phenoxy) is 2. The van der Waals surface area contributed by atoms with Gasteiger partial charge in [-0.1, -0.05) is 0 Å². The highest BCUT2D eigenvalue weighted by Crippen LogP contribution is 2.36. The zero-order chi connectivity index (χ0) is 17.2. The second kappa shape index (κ2) is 7.48. The van der Waals surface area contributed by atoms with Crippen molar-refractivity contribution >= 4 is 5.91 Å². The molecule has 0 unspecified atom stereocenters. The molecular formula is C19H28N2O4. The summed E-state index contributed by atoms with van der Waals surface area (Å²) in [5.74, 6) is 3.67. The topological polar surface area (TPSA) is 55.2 Å². The van der Waals surface area contributed by atoms with E-state index in [-0.39, 0.29) is 5.91 Å². The van der Waals surface area contributed by atoms with E-state index in [1.54, 1.807) is 0 Å². The van der Waals surface area contributed by atoms with Crippen LogP contribution in [0.1, 0.15) is 17.9 Å². The van der Waals surface area contributed by atoms with Crippen molar-refractivity contribution in [2.45, 2.75) is 19.9 Å². The fourth-order valence-electron chi connectivity index (χ4n) is 4.49. The van der Waals surface area contributed by atoms with Crippen molar-refractivity contribution in [1.29, 1.82) is 0 Å². The van der Waals surface area contributed by atoms with E-state index in [0.717, 1.165) is 50.9 Å². The smallest absolute Gasteiger partial charge is 0.223 e. The Balaban J connectivity index is 1.35. The molecule has 25 heavy (non-hydrogen) atoms. The number of rotatable bonds is 4. The van der Waals surface area contributed by atoms with Crippen molar-refractivity contribution < 1.29 is 18.7 Å². The van der Waals surface area contributed by atoms with E-state index in [4.69, 9.17) is 13.9 Å². The molecule has 0 aromatic carbocycles. The first-order chi connectivity index (χ1) is 12.2. The van der Waals surface area contributed by atoms with Crippen LogP contribution < -0.4 is 0 Å². The van der Waals surface area contributed by atoms with Crippen LogP contribution in [0.4, 0.5) is 0 Å². The van der Waals surface area contributed by atoms with Gasteiger partial charge < -0.3 is 18.8 Å². The Morgan fingerprint density at radius 1 is 1.16 bits per heavy atom. The number of furan rings is 1. The average Bonchev–Trinajstić information content (AvgIpc) is 3.22. The Kier molecular flexibility index (Phi) is 5.10. The minimum atomic E-state index is 0.262. The van der Waals surface area contributed by atoms with E-state index in [2.05, 4.69) is 11.0 Å². The predicted octanol–water partition coefficient (Wildman–Crippen LogP) is 1.53. The highest BCUT2D eigenvalue weighted by atomic mass is 16.5. The quantitative estimate of drug-likeness (QED) is 0.826. The first-order valence-electron chi connectivity index (χ1n) is 9.40. The van der Waals surface area contributed by atoms with Crippen LogP contribution in [0, 0.1) is 24.7 Å². The third kappa shape index (κ3) is 3.91. The van der Waals surface area contributed by atoms with E-state index in [1.165, 1.54) is 0 Å². The van der Waals surface area contributed by atoms with Crippen LogP contribution in [-0.2, 0) is 20.8 Å². The largest absolute Gasteiger partial charge is 0.465 e. The lowest BCUT2D eigenvalue weighted by atomic mass is 9.81. The summed E-state index contributed by atoms with van der Waals surface area (Å²) in [6.45, 7) is 9.21. The summed E-state index contributed by atoms with van der Waals surface area (Å²) in [6, 6.07) is 4.08. The zero-order valence-electron chi connectivity index (χ0n) is 15.0. The lowest BCUT2D eigenvalue weighted by Crippen LogP contribution is -2.44. The Bertz CT molecular complexity index is 596. The SMILES string of the molecule is Cc1ccc(CN2C[C@@H]3COC[C@@H](CC(=O)N4CCOCC4)[C@@H]3C2)o1. The number of carbonyl (C=O) groups is 1. The summed E-state index contributed by atoms with van der Waals surface area (Å²) in [5, 5.41) is 0. The number of nitrogens with zero attached hydrogens (tertiary/aromatic N) is 2. The monoisotopic (exact) mass is 348 g/mol. The van der Waals surface area contributed by atoms with Crippen LogP contribution >= 0.6 is 0 Å². The van der Waals surface area contributed by atoms with Gasteiger partial charge in [0.25, 0.3) is 0 Å². The number of aryl methyl sites for hydroxylation is 1. The molecule has 138 valence electrons. The van der Waals surface area contributed by atoms with Gasteiger partial charge in [-0.25, -0.2) is 0 Å². The zero-order valence-corrected chi connectivity index (χ0v) is 15.0. The van der Waals surface area contributed by atoms with Crippen LogP contribution in [0.25, 0.3) is 0 Å². The van der Waals surface area contributed by atoms with E-state index < -0.39 is 0 Å². The summed E-state index contributed by atoms with van der Waals surface area (Å²) >= 11 is 0. The molecule has 4 heterocycles. The highest BCUT2D eigenvalue weighted by molar-refractivity contribution is 5.76. The summed E-state index contributed by atoms with van der Waals surface area (Å²) in [6.07, 6.45) is 0.606. The third-order valence-electron chi connectivity index (χ3n) is 5.81. The van der Waals surface area contributed by atoms with Gasteiger partial charge >= 0.3 is 0 Å². The molecule has 1 aromatic rings. The Labute approximate surface area is 149 Å². The summed E-state index contributed by atoms with van der Waals surface area (Å²) in [5.41, 5.74) is 0. The van der Waals surface area contributed by atoms with Gasteiger partial charge in [-0.15, -0.1) is 0 Å². The van der Waals surface area contributed by atoms with Crippen LogP contribution in [0.15, 0.2) is 16.5 Å². The van der Waals surface area contributed by atoms with Crippen molar-refractivity contribution in [3.05, 3.63) is 23.7 Å². The van der Waals surface area contributed by atoms with Gasteiger partial charge in [-0.05, 0) is 36.8 Å². The molecule has 0 N–H and O–H groups in total. The number of fused-ring (bicyclic) bond motifs is 1. The summed E-state index contributed by atoms with van der Waals surface area (Å²) < 4.78 is 16.9. The van der Waals surface area contributed by atoms with E-state index in [9.17, 15) is 4.79 Å². The third-order valence-corrected chi connectivity index (χ3v) is 5.81. The van der Waals surface area contributed by atoms with Crippen molar-refractivity contribution in [3.8, 4) is 0 Å². The molecule has 4 rings (SSSR count). The first-order valence-corrected chi connectivity index (χ1v) is 9.40. The number of amides is 1. The molecule has 0 radical (unpaired) electrons. The molecule has 3 fully saturated rings. The van der Waals surface area contributed by atoms with Gasteiger partial charge in [-0.3, -0.25) is 9.69 Å². The Morgan fingerprint density at radius 3 is 2.76 bits per heavy atom. The number of hydrogen-bond acceptors (Lipinski definition) is 5. The minimum absolute atomic E-state index is 0.262. The molecule has 6 nitrogen and oxygen atoms in total. The van der Waals surface area contributed by atoms with Crippen molar-refractivity contribution in [1.82, 2.24) is 9.80 Å². The maximum atomic E-state index is 12.6. The fourth-order valence-corrected chi connectivity index (χ4v) is 4.49. The summed E-state index contributed by atoms with van der Waals surface area (Å²) in [4.78, 5) is 17.0. The molecule has 0 bridgehead atoms. The molecule has 0 spiro atoms. The number of hydrogen-bond donors (Lipinski definition) is 0. The van der Waals surface area contributed by atoms with Crippen molar-refractivity contribution in [2.75, 3.05) is 52.6 Å². The Morgan fingerprint density at radius 2 is 2.00 bits per heavy atom. The second-order valence-corrected chi connectivity index (χ2v) is 7.63. The maximum Gasteiger partial charge on any atom is 0.223 e. The van der Waals surface area contributed by atoms with Gasteiger partial charge in [0.1, 0.15) is 11.5 Å². The van der Waals surface area contributed by atoms with Crippen molar-refractivity contribution in [3.63, 3.8) is 0 Å². The fraction of sp³-hybridized carbons (Fsp3) is 0.737. The van der Waals surface area contributed by atoms with Gasteiger partial charge in [0, 0.05) is 32.6 Å². The molecule has 0 aliphatic carbocycles. The molecule has 1 aromatic heterocycles. The van der Waals surface area contributed by atoms with Gasteiger partial charge in [0.2, 0.25) is 5.91 Å². The minimum Gasteiger partial charge on any atom is -0.465 e. The van der Waals surface area contributed by atoms with E-state index in [0.29, 0.717) is 44.0 Å². The molecule has 3 aliphatic rings. The van der Waals surface area contributed by atoms with Gasteiger partial charge in [0.05, 0.1) is 33.0 Å². The standard InChI is InChI=1S/C19H28N2O4/c1-14-2-3-17(25-14)10-20-9-16-13-24-12-15(18(16)11-20)8-19(22)21-4-6-23-7-5-21/h2-3,15-16,18H,4-13H2,1H3/t15-,16-,18+/m1/s1. The molecule has 1 amide bonds. The molecule has 0 saturated carbocycles. The lowest BCUT2D eigenvalue weighted by Gasteiger charge is -2.35. The maximum absolute atomic E-state index is 12.6. The molecule has 3 saturated heterocycles. The number of morpholine rings is 1. The first kappa shape index (κ1) is 17.1. The van der Waals surface area contributed by atoms with Crippen LogP contribution in [0.3, 0.4) is 0 Å². The van der Waals surface area contributed by atoms with E-state index in [1.807, 2.05) is 17.9 Å². The number of likely N-dealkylation sites (tertiary alicyclic amines) is 1. The van der Waals surface area contributed by atoms with Gasteiger partial charge in [-0.2, -0.15) is 0 Å². The Hall–Kier alpha value is -1.37. The predicted molar refractivity (Wildman–Crippen MR) is 92.0 cm³/mol. The van der Waals surface area contributed by atoms with Crippen molar-refractivity contribution in [2.24, 2.45) is 17.8 Å². The molecular weight excluding hydrogens is 320 g/mol. The molecule has 3 aliphatic heterocycles. The second-order valence-electron chi connectivity index (χ2n) is 7.63. The van der Waals surface area contributed by atoms with E-state index >= 15 is 0 Å². The molecule has 3 atom stereocenters. The summed E-state index contributed by atoms with van der Waals surface area (Å²) in [7, 11) is 0.